The highest BCUT2D eigenvalue weighted by Crippen LogP contribution is 2.27. The van der Waals surface area contributed by atoms with E-state index in [1.807, 2.05) is 12.1 Å². The number of thioether (sulfide) groups is 1. The second-order valence-corrected chi connectivity index (χ2v) is 5.91. The van der Waals surface area contributed by atoms with Crippen molar-refractivity contribution in [2.24, 2.45) is 0 Å². The van der Waals surface area contributed by atoms with Gasteiger partial charge in [0.05, 0.1) is 5.02 Å². The number of phenolic OH excluding ortho intramolecular Hbond substituents is 1. The zero-order valence-corrected chi connectivity index (χ0v) is 13.1. The average molecular weight is 308 g/mol. The third-order valence-electron chi connectivity index (χ3n) is 3.28. The van der Waals surface area contributed by atoms with Gasteiger partial charge in [-0.3, -0.25) is 0 Å². The lowest BCUT2D eigenvalue weighted by molar-refractivity contribution is 0.460. The summed E-state index contributed by atoms with van der Waals surface area (Å²) in [6.07, 6.45) is 2.07. The first kappa shape index (κ1) is 15.2. The number of hydrogen-bond donors (Lipinski definition) is 2. The Labute approximate surface area is 129 Å². The molecule has 0 aliphatic carbocycles. The number of benzene rings is 2. The summed E-state index contributed by atoms with van der Waals surface area (Å²) < 4.78 is 0. The van der Waals surface area contributed by atoms with E-state index < -0.39 is 0 Å². The van der Waals surface area contributed by atoms with Gasteiger partial charge in [-0.2, -0.15) is 0 Å². The van der Waals surface area contributed by atoms with Gasteiger partial charge in [-0.1, -0.05) is 35.9 Å². The van der Waals surface area contributed by atoms with Crippen LogP contribution in [0.2, 0.25) is 5.02 Å². The Morgan fingerprint density at radius 2 is 1.90 bits per heavy atom. The molecule has 2 rings (SSSR count). The van der Waals surface area contributed by atoms with E-state index in [4.69, 9.17) is 11.6 Å². The first-order valence-corrected chi connectivity index (χ1v) is 8.05. The lowest BCUT2D eigenvalue weighted by atomic mass is 10.1. The molecular formula is C16H18ClNOS. The zero-order valence-electron chi connectivity index (χ0n) is 11.6. The predicted molar refractivity (Wildman–Crippen MR) is 86.6 cm³/mol. The highest BCUT2D eigenvalue weighted by Gasteiger charge is 2.08. The number of rotatable bonds is 5. The second kappa shape index (κ2) is 7.02. The lowest BCUT2D eigenvalue weighted by Gasteiger charge is -2.15. The summed E-state index contributed by atoms with van der Waals surface area (Å²) in [4.78, 5) is 1.26. The van der Waals surface area contributed by atoms with Crippen LogP contribution >= 0.6 is 23.4 Å². The quantitative estimate of drug-likeness (QED) is 0.791. The molecule has 2 N–H and O–H groups in total. The van der Waals surface area contributed by atoms with Crippen LogP contribution in [-0.2, 0) is 6.54 Å². The number of aromatic hydroxyl groups is 1. The predicted octanol–water partition coefficient (Wildman–Crippen LogP) is 4.62. The second-order valence-electron chi connectivity index (χ2n) is 4.62. The minimum absolute atomic E-state index is 0.159. The van der Waals surface area contributed by atoms with Crippen molar-refractivity contribution in [3.8, 4) is 5.75 Å². The van der Waals surface area contributed by atoms with Crippen molar-refractivity contribution >= 4 is 23.4 Å². The molecule has 0 spiro atoms. The van der Waals surface area contributed by atoms with Gasteiger partial charge in [0.25, 0.3) is 0 Å². The van der Waals surface area contributed by atoms with E-state index in [2.05, 4.69) is 42.8 Å². The molecule has 0 amide bonds. The van der Waals surface area contributed by atoms with Crippen LogP contribution in [0.1, 0.15) is 24.1 Å². The molecule has 20 heavy (non-hydrogen) atoms. The van der Waals surface area contributed by atoms with Gasteiger partial charge in [0.15, 0.2) is 0 Å². The fourth-order valence-corrected chi connectivity index (χ4v) is 2.58. The van der Waals surface area contributed by atoms with Gasteiger partial charge in [-0.05, 0) is 36.9 Å². The van der Waals surface area contributed by atoms with Gasteiger partial charge in [0, 0.05) is 23.0 Å². The van der Waals surface area contributed by atoms with Crippen molar-refractivity contribution in [3.63, 3.8) is 0 Å². The fourth-order valence-electron chi connectivity index (χ4n) is 1.98. The van der Waals surface area contributed by atoms with E-state index in [1.165, 1.54) is 10.5 Å². The summed E-state index contributed by atoms with van der Waals surface area (Å²) in [6, 6.07) is 14.1. The van der Waals surface area contributed by atoms with Crippen molar-refractivity contribution in [1.82, 2.24) is 5.32 Å². The largest absolute Gasteiger partial charge is 0.506 e. The van der Waals surface area contributed by atoms with E-state index in [-0.39, 0.29) is 11.8 Å². The van der Waals surface area contributed by atoms with Crippen molar-refractivity contribution in [2.75, 3.05) is 6.26 Å². The SMILES string of the molecule is CSc1ccc(C(C)NCc2cccc(Cl)c2O)cc1. The van der Waals surface area contributed by atoms with Crippen molar-refractivity contribution < 1.29 is 5.11 Å². The monoisotopic (exact) mass is 307 g/mol. The zero-order chi connectivity index (χ0) is 14.5. The summed E-state index contributed by atoms with van der Waals surface area (Å²) in [5.74, 6) is 0.159. The van der Waals surface area contributed by atoms with E-state index in [0.717, 1.165) is 5.56 Å². The number of nitrogens with one attached hydrogen (secondary N) is 1. The maximum atomic E-state index is 9.87. The third kappa shape index (κ3) is 3.69. The topological polar surface area (TPSA) is 32.3 Å². The Hall–Kier alpha value is -1.16. The summed E-state index contributed by atoms with van der Waals surface area (Å²) in [7, 11) is 0. The standard InChI is InChI=1S/C16H18ClNOS/c1-11(12-6-8-14(20-2)9-7-12)18-10-13-4-3-5-15(17)16(13)19/h3-9,11,18-19H,10H2,1-2H3. The Morgan fingerprint density at radius 3 is 2.55 bits per heavy atom. The first-order chi connectivity index (χ1) is 9.61. The van der Waals surface area contributed by atoms with Crippen LogP contribution in [0, 0.1) is 0 Å². The molecule has 0 saturated heterocycles. The summed E-state index contributed by atoms with van der Waals surface area (Å²) in [5, 5.41) is 13.7. The van der Waals surface area contributed by atoms with E-state index >= 15 is 0 Å². The van der Waals surface area contributed by atoms with Crippen molar-refractivity contribution in [1.29, 1.82) is 0 Å². The van der Waals surface area contributed by atoms with Crippen molar-refractivity contribution in [2.45, 2.75) is 24.4 Å². The summed E-state index contributed by atoms with van der Waals surface area (Å²) in [6.45, 7) is 2.69. The van der Waals surface area contributed by atoms with Crippen LogP contribution in [0.25, 0.3) is 0 Å². The molecule has 106 valence electrons. The smallest absolute Gasteiger partial charge is 0.138 e. The fraction of sp³-hybridized carbons (Fsp3) is 0.250. The van der Waals surface area contributed by atoms with Gasteiger partial charge < -0.3 is 10.4 Å². The van der Waals surface area contributed by atoms with E-state index in [9.17, 15) is 5.11 Å². The summed E-state index contributed by atoms with van der Waals surface area (Å²) in [5.41, 5.74) is 2.04. The van der Waals surface area contributed by atoms with Crippen LogP contribution in [0.3, 0.4) is 0 Å². The molecule has 0 bridgehead atoms. The number of phenols is 1. The Morgan fingerprint density at radius 1 is 1.20 bits per heavy atom. The molecule has 0 aliphatic rings. The minimum atomic E-state index is 0.159. The van der Waals surface area contributed by atoms with Gasteiger partial charge in [-0.15, -0.1) is 11.8 Å². The van der Waals surface area contributed by atoms with Crippen LogP contribution in [0.15, 0.2) is 47.4 Å². The van der Waals surface area contributed by atoms with Crippen molar-refractivity contribution in [3.05, 3.63) is 58.6 Å². The maximum Gasteiger partial charge on any atom is 0.138 e. The molecule has 0 heterocycles. The average Bonchev–Trinajstić information content (AvgIpc) is 2.48. The van der Waals surface area contributed by atoms with E-state index in [0.29, 0.717) is 11.6 Å². The van der Waals surface area contributed by atoms with E-state index in [1.54, 1.807) is 17.8 Å². The lowest BCUT2D eigenvalue weighted by Crippen LogP contribution is -2.18. The number of para-hydroxylation sites is 1. The molecule has 2 aromatic carbocycles. The molecular weight excluding hydrogens is 290 g/mol. The van der Waals surface area contributed by atoms with Crippen LogP contribution in [-0.4, -0.2) is 11.4 Å². The van der Waals surface area contributed by atoms with Gasteiger partial charge in [-0.25, -0.2) is 0 Å². The molecule has 2 nitrogen and oxygen atoms in total. The third-order valence-corrected chi connectivity index (χ3v) is 4.33. The van der Waals surface area contributed by atoms with Gasteiger partial charge >= 0.3 is 0 Å². The molecule has 1 atom stereocenters. The van der Waals surface area contributed by atoms with Crippen LogP contribution in [0.5, 0.6) is 5.75 Å². The molecule has 4 heteroatoms. The Bertz CT molecular complexity index is 571. The highest BCUT2D eigenvalue weighted by atomic mass is 35.5. The van der Waals surface area contributed by atoms with Gasteiger partial charge in [0.1, 0.15) is 5.75 Å². The Balaban J connectivity index is 2.00. The van der Waals surface area contributed by atoms with Crippen LogP contribution in [0.4, 0.5) is 0 Å². The molecule has 1 unspecified atom stereocenters. The normalized spacial score (nSPS) is 12.3. The highest BCUT2D eigenvalue weighted by molar-refractivity contribution is 7.98. The molecule has 0 aliphatic heterocycles. The maximum absolute atomic E-state index is 9.87. The molecule has 2 aromatic rings. The number of halogens is 1. The molecule has 0 radical (unpaired) electrons. The molecule has 0 fully saturated rings. The first-order valence-electron chi connectivity index (χ1n) is 6.45. The molecule has 0 aromatic heterocycles. The summed E-state index contributed by atoms with van der Waals surface area (Å²) >= 11 is 7.63. The van der Waals surface area contributed by atoms with Gasteiger partial charge in [0.2, 0.25) is 0 Å². The number of hydrogen-bond acceptors (Lipinski definition) is 3. The van der Waals surface area contributed by atoms with Crippen LogP contribution < -0.4 is 5.32 Å². The Kier molecular flexibility index (Phi) is 5.35. The minimum Gasteiger partial charge on any atom is -0.506 e. The molecule has 0 saturated carbocycles.